The normalized spacial score (nSPS) is 25.9. The first-order valence-electron chi connectivity index (χ1n) is 13.3. The monoisotopic (exact) mass is 498 g/mol. The van der Waals surface area contributed by atoms with Crippen molar-refractivity contribution < 1.29 is 19.1 Å². The van der Waals surface area contributed by atoms with E-state index in [0.29, 0.717) is 18.5 Å². The first kappa shape index (κ1) is 26.6. The van der Waals surface area contributed by atoms with Crippen LogP contribution >= 0.6 is 0 Å². The van der Waals surface area contributed by atoms with E-state index in [1.165, 1.54) is 0 Å². The fourth-order valence-corrected chi connectivity index (χ4v) is 5.57. The van der Waals surface area contributed by atoms with E-state index >= 15 is 0 Å². The van der Waals surface area contributed by atoms with Gasteiger partial charge in [-0.25, -0.2) is 0 Å². The van der Waals surface area contributed by atoms with Gasteiger partial charge in [0.05, 0.1) is 6.10 Å². The Bertz CT molecular complexity index is 968. The number of Topliss-reactive ketones (excluding diaryl/α,β-unsaturated/α-hetero) is 1. The number of amides is 2. The number of hydrogen-bond acceptors (Lipinski definition) is 6. The molecule has 0 bridgehead atoms. The van der Waals surface area contributed by atoms with Gasteiger partial charge >= 0.3 is 0 Å². The zero-order chi connectivity index (χ0) is 26.2. The van der Waals surface area contributed by atoms with Gasteiger partial charge < -0.3 is 24.8 Å². The Kier molecular flexibility index (Phi) is 7.76. The number of ketones is 1. The van der Waals surface area contributed by atoms with Crippen LogP contribution in [0.4, 0.5) is 5.69 Å². The highest BCUT2D eigenvalue weighted by atomic mass is 16.5. The van der Waals surface area contributed by atoms with Gasteiger partial charge in [-0.3, -0.25) is 14.4 Å². The molecule has 4 rings (SSSR count). The molecule has 3 saturated heterocycles. The summed E-state index contributed by atoms with van der Waals surface area (Å²) in [6.45, 7) is 14.7. The number of rotatable bonds is 7. The van der Waals surface area contributed by atoms with Crippen molar-refractivity contribution in [3.8, 4) is 0 Å². The molecule has 3 heterocycles. The van der Waals surface area contributed by atoms with Crippen LogP contribution in [0.1, 0.15) is 51.4 Å². The van der Waals surface area contributed by atoms with Crippen LogP contribution in [0.15, 0.2) is 24.3 Å². The third kappa shape index (κ3) is 5.16. The van der Waals surface area contributed by atoms with Gasteiger partial charge in [-0.05, 0) is 49.1 Å². The molecule has 8 nitrogen and oxygen atoms in total. The van der Waals surface area contributed by atoms with E-state index in [-0.39, 0.29) is 42.1 Å². The lowest BCUT2D eigenvalue weighted by Gasteiger charge is -2.37. The van der Waals surface area contributed by atoms with Crippen molar-refractivity contribution in [1.29, 1.82) is 0 Å². The topological polar surface area (TPSA) is 82.2 Å². The SMILES string of the molecule is CCC(C)(C)C(NC(=O)c1ccc(N2CCN(C)CC2)cc1)C(=O)N1C[C@H](C(C)C)[C@H]2OCC(=O)[C@H]21. The van der Waals surface area contributed by atoms with E-state index in [0.717, 1.165) is 31.9 Å². The van der Waals surface area contributed by atoms with E-state index < -0.39 is 17.5 Å². The van der Waals surface area contributed by atoms with Crippen LogP contribution in [-0.4, -0.2) is 92.0 Å². The van der Waals surface area contributed by atoms with Crippen molar-refractivity contribution in [2.75, 3.05) is 51.3 Å². The van der Waals surface area contributed by atoms with E-state index in [4.69, 9.17) is 4.74 Å². The molecular formula is C28H42N4O4. The third-order valence-electron chi connectivity index (χ3n) is 8.58. The summed E-state index contributed by atoms with van der Waals surface area (Å²) in [5, 5.41) is 3.04. The Balaban J connectivity index is 1.51. The molecule has 1 unspecified atom stereocenters. The van der Waals surface area contributed by atoms with E-state index in [2.05, 4.69) is 36.0 Å². The number of piperazine rings is 1. The number of carbonyl (C=O) groups is 3. The van der Waals surface area contributed by atoms with Crippen molar-refractivity contribution >= 4 is 23.3 Å². The number of fused-ring (bicyclic) bond motifs is 1. The molecule has 3 aliphatic heterocycles. The molecule has 0 saturated carbocycles. The summed E-state index contributed by atoms with van der Waals surface area (Å²) >= 11 is 0. The van der Waals surface area contributed by atoms with Crippen LogP contribution in [0.25, 0.3) is 0 Å². The minimum Gasteiger partial charge on any atom is -0.369 e. The van der Waals surface area contributed by atoms with Gasteiger partial charge in [0.2, 0.25) is 5.91 Å². The molecule has 4 atom stereocenters. The predicted molar refractivity (Wildman–Crippen MR) is 140 cm³/mol. The fourth-order valence-electron chi connectivity index (χ4n) is 5.57. The number of nitrogens with one attached hydrogen (secondary N) is 1. The van der Waals surface area contributed by atoms with Crippen LogP contribution in [-0.2, 0) is 14.3 Å². The number of benzene rings is 1. The zero-order valence-electron chi connectivity index (χ0n) is 22.6. The summed E-state index contributed by atoms with van der Waals surface area (Å²) in [6.07, 6.45) is 0.441. The Morgan fingerprint density at radius 1 is 1.11 bits per heavy atom. The van der Waals surface area contributed by atoms with Gasteiger partial charge in [0.25, 0.3) is 5.91 Å². The average molecular weight is 499 g/mol. The number of likely N-dealkylation sites (tertiary alicyclic amines) is 1. The Labute approximate surface area is 215 Å². The van der Waals surface area contributed by atoms with Crippen molar-refractivity contribution in [3.05, 3.63) is 29.8 Å². The second-order valence-electron chi connectivity index (χ2n) is 11.7. The summed E-state index contributed by atoms with van der Waals surface area (Å²) < 4.78 is 5.82. The minimum absolute atomic E-state index is 0.0459. The minimum atomic E-state index is -0.743. The van der Waals surface area contributed by atoms with Crippen molar-refractivity contribution in [3.63, 3.8) is 0 Å². The third-order valence-corrected chi connectivity index (χ3v) is 8.58. The smallest absolute Gasteiger partial charge is 0.251 e. The lowest BCUT2D eigenvalue weighted by molar-refractivity contribution is -0.140. The van der Waals surface area contributed by atoms with Gasteiger partial charge in [-0.1, -0.05) is 34.6 Å². The van der Waals surface area contributed by atoms with Gasteiger partial charge in [0.1, 0.15) is 18.7 Å². The molecule has 198 valence electrons. The summed E-state index contributed by atoms with van der Waals surface area (Å²) in [7, 11) is 2.13. The Hall–Kier alpha value is -2.45. The molecule has 1 aromatic carbocycles. The largest absolute Gasteiger partial charge is 0.369 e. The second kappa shape index (κ2) is 10.5. The van der Waals surface area contributed by atoms with Crippen molar-refractivity contribution in [2.45, 2.75) is 59.2 Å². The molecule has 0 aromatic heterocycles. The number of nitrogens with zero attached hydrogens (tertiary/aromatic N) is 3. The first-order valence-corrected chi connectivity index (χ1v) is 13.3. The molecule has 36 heavy (non-hydrogen) atoms. The highest BCUT2D eigenvalue weighted by molar-refractivity contribution is 5.99. The maximum atomic E-state index is 14.0. The molecule has 1 aromatic rings. The molecule has 0 spiro atoms. The lowest BCUT2D eigenvalue weighted by atomic mass is 9.80. The fraction of sp³-hybridized carbons (Fsp3) is 0.679. The molecule has 0 radical (unpaired) electrons. The first-order chi connectivity index (χ1) is 17.0. The molecule has 3 fully saturated rings. The highest BCUT2D eigenvalue weighted by Gasteiger charge is 2.54. The lowest BCUT2D eigenvalue weighted by Crippen LogP contribution is -2.57. The van der Waals surface area contributed by atoms with E-state index in [9.17, 15) is 14.4 Å². The van der Waals surface area contributed by atoms with Crippen LogP contribution in [0, 0.1) is 17.3 Å². The summed E-state index contributed by atoms with van der Waals surface area (Å²) in [5.41, 5.74) is 1.14. The van der Waals surface area contributed by atoms with Crippen molar-refractivity contribution in [2.24, 2.45) is 17.3 Å². The van der Waals surface area contributed by atoms with E-state index in [1.54, 1.807) is 4.90 Å². The average Bonchev–Trinajstić information content (AvgIpc) is 3.43. The summed E-state index contributed by atoms with van der Waals surface area (Å²) in [5.74, 6) is -0.123. The maximum Gasteiger partial charge on any atom is 0.251 e. The summed E-state index contributed by atoms with van der Waals surface area (Å²) in [4.78, 5) is 46.3. The van der Waals surface area contributed by atoms with Gasteiger partial charge in [0.15, 0.2) is 5.78 Å². The molecule has 8 heteroatoms. The Morgan fingerprint density at radius 3 is 2.33 bits per heavy atom. The molecule has 0 aliphatic carbocycles. The second-order valence-corrected chi connectivity index (χ2v) is 11.7. The molecule has 3 aliphatic rings. The molecule has 1 N–H and O–H groups in total. The maximum absolute atomic E-state index is 14.0. The molecule has 2 amide bonds. The zero-order valence-corrected chi connectivity index (χ0v) is 22.6. The number of hydrogen-bond donors (Lipinski definition) is 1. The van der Waals surface area contributed by atoms with E-state index in [1.807, 2.05) is 45.0 Å². The van der Waals surface area contributed by atoms with Crippen LogP contribution in [0.5, 0.6) is 0 Å². The van der Waals surface area contributed by atoms with Crippen LogP contribution < -0.4 is 10.2 Å². The standard InChI is InChI=1S/C28H42N4O4/c1-7-28(4,5)25(27(35)32-16-21(18(2)3)24-23(32)22(33)17-36-24)29-26(34)19-8-10-20(11-9-19)31-14-12-30(6)13-15-31/h8-11,18,21,23-25H,7,12-17H2,1-6H3,(H,29,34)/t21-,23-,24-,25?/m1/s1. The Morgan fingerprint density at radius 2 is 1.75 bits per heavy atom. The number of carbonyl (C=O) groups excluding carboxylic acids is 3. The van der Waals surface area contributed by atoms with Crippen LogP contribution in [0.2, 0.25) is 0 Å². The highest BCUT2D eigenvalue weighted by Crippen LogP contribution is 2.38. The van der Waals surface area contributed by atoms with Crippen LogP contribution in [0.3, 0.4) is 0 Å². The van der Waals surface area contributed by atoms with Gasteiger partial charge in [-0.15, -0.1) is 0 Å². The predicted octanol–water partition coefficient (Wildman–Crippen LogP) is 2.42. The van der Waals surface area contributed by atoms with Gasteiger partial charge in [-0.2, -0.15) is 0 Å². The quantitative estimate of drug-likeness (QED) is 0.622. The van der Waals surface area contributed by atoms with Crippen molar-refractivity contribution in [1.82, 2.24) is 15.1 Å². The number of likely N-dealkylation sites (N-methyl/N-ethyl adjacent to an activating group) is 1. The molecular weight excluding hydrogens is 456 g/mol. The number of ether oxygens (including phenoxy) is 1. The number of anilines is 1. The van der Waals surface area contributed by atoms with Gasteiger partial charge in [0, 0.05) is 49.9 Å². The summed E-state index contributed by atoms with van der Waals surface area (Å²) in [6, 6.07) is 6.33.